The minimum atomic E-state index is 0.696. The van der Waals surface area contributed by atoms with Crippen molar-refractivity contribution in [3.8, 4) is 0 Å². The van der Waals surface area contributed by atoms with Gasteiger partial charge in [-0.25, -0.2) is 0 Å². The van der Waals surface area contributed by atoms with Gasteiger partial charge in [0.15, 0.2) is 0 Å². The fourth-order valence-electron chi connectivity index (χ4n) is 1.38. The van der Waals surface area contributed by atoms with Crippen LogP contribution in [0.25, 0.3) is 0 Å². The Balaban J connectivity index is 2.26. The van der Waals surface area contributed by atoms with Gasteiger partial charge in [0.05, 0.1) is 0 Å². The van der Waals surface area contributed by atoms with E-state index in [-0.39, 0.29) is 0 Å². The lowest BCUT2D eigenvalue weighted by atomic mass is 10.1. The highest BCUT2D eigenvalue weighted by Crippen LogP contribution is 2.17. The summed E-state index contributed by atoms with van der Waals surface area (Å²) in [7, 11) is 0. The molecule has 3 heteroatoms. The first kappa shape index (κ1) is 10.2. The summed E-state index contributed by atoms with van der Waals surface area (Å²) in [6.45, 7) is 6.65. The van der Waals surface area contributed by atoms with Crippen molar-refractivity contribution < 1.29 is 4.79 Å². The fourth-order valence-corrected chi connectivity index (χ4v) is 1.94. The normalized spacial score (nSPS) is 20.8. The van der Waals surface area contributed by atoms with Crippen LogP contribution in [0.5, 0.6) is 0 Å². The summed E-state index contributed by atoms with van der Waals surface area (Å²) in [6.07, 6.45) is 3.34. The molecule has 1 aliphatic rings. The van der Waals surface area contributed by atoms with Crippen LogP contribution in [0.2, 0.25) is 0 Å². The maximum atomic E-state index is 10.3. The first-order valence-corrected chi connectivity index (χ1v) is 5.46. The van der Waals surface area contributed by atoms with Crippen LogP contribution in [0.1, 0.15) is 12.8 Å². The van der Waals surface area contributed by atoms with E-state index in [1.807, 2.05) is 0 Å². The molecule has 0 atom stereocenters. The van der Waals surface area contributed by atoms with Crippen molar-refractivity contribution in [2.24, 2.45) is 0 Å². The molecule has 0 bridgehead atoms. The summed E-state index contributed by atoms with van der Waals surface area (Å²) in [5.74, 6) is 0. The molecule has 0 aromatic rings. The molecule has 2 nitrogen and oxygen atoms in total. The summed E-state index contributed by atoms with van der Waals surface area (Å²) in [4.78, 5) is 12.6. The first-order valence-electron chi connectivity index (χ1n) is 4.21. The molecule has 0 radical (unpaired) electrons. The number of halogens is 1. The highest BCUT2D eigenvalue weighted by Gasteiger charge is 2.16. The molecule has 0 N–H and O–H groups in total. The summed E-state index contributed by atoms with van der Waals surface area (Å²) in [5.41, 5.74) is 0.696. The van der Waals surface area contributed by atoms with E-state index in [0.717, 1.165) is 29.8 Å². The highest BCUT2D eigenvalue weighted by molar-refractivity contribution is 14.1. The second kappa shape index (κ2) is 4.97. The van der Waals surface area contributed by atoms with Crippen molar-refractivity contribution in [1.29, 1.82) is 0 Å². The molecule has 1 aliphatic heterocycles. The van der Waals surface area contributed by atoms with E-state index in [1.54, 1.807) is 0 Å². The van der Waals surface area contributed by atoms with Gasteiger partial charge >= 0.3 is 0 Å². The van der Waals surface area contributed by atoms with E-state index in [2.05, 4.69) is 34.1 Å². The lowest BCUT2D eigenvalue weighted by Crippen LogP contribution is -2.35. The first-order chi connectivity index (χ1) is 5.72. The Morgan fingerprint density at radius 1 is 1.58 bits per heavy atom. The quantitative estimate of drug-likeness (QED) is 0.339. The number of hydrogen-bond acceptors (Lipinski definition) is 2. The van der Waals surface area contributed by atoms with Crippen molar-refractivity contribution in [3.05, 3.63) is 12.2 Å². The van der Waals surface area contributed by atoms with Gasteiger partial charge in [0, 0.05) is 10.5 Å². The molecule has 0 aromatic heterocycles. The van der Waals surface area contributed by atoms with E-state index >= 15 is 0 Å². The van der Waals surface area contributed by atoms with E-state index < -0.39 is 0 Å². The van der Waals surface area contributed by atoms with Gasteiger partial charge in [-0.15, -0.1) is 0 Å². The molecular weight excluding hydrogens is 265 g/mol. The minimum absolute atomic E-state index is 0.696. The predicted molar refractivity (Wildman–Crippen MR) is 58.7 cm³/mol. The number of carbonyl (C=O) groups excluding carboxylic acids is 1. The molecule has 1 fully saturated rings. The summed E-state index contributed by atoms with van der Waals surface area (Å²) in [5, 5.41) is 0. The van der Waals surface area contributed by atoms with Crippen molar-refractivity contribution in [3.63, 3.8) is 0 Å². The van der Waals surface area contributed by atoms with E-state index in [9.17, 15) is 4.79 Å². The number of nitrogens with zero attached hydrogens (tertiary/aromatic N) is 1. The van der Waals surface area contributed by atoms with Gasteiger partial charge in [0.25, 0.3) is 0 Å². The molecule has 68 valence electrons. The monoisotopic (exact) mass is 279 g/mol. The number of carbonyl (C=O) groups is 1. The Morgan fingerprint density at radius 3 is 2.67 bits per heavy atom. The van der Waals surface area contributed by atoms with Gasteiger partial charge in [0.2, 0.25) is 0 Å². The second-order valence-corrected chi connectivity index (χ2v) is 4.99. The third-order valence-electron chi connectivity index (χ3n) is 2.11. The Morgan fingerprint density at radius 2 is 2.17 bits per heavy atom. The van der Waals surface area contributed by atoms with Gasteiger partial charge in [-0.2, -0.15) is 0 Å². The standard InChI is InChI=1S/C9H14INO/c1-8(7-12)6-11-4-2-9(10)3-5-11/h7,9H,1-6H2. The molecule has 1 rings (SSSR count). The van der Waals surface area contributed by atoms with Gasteiger partial charge < -0.3 is 0 Å². The van der Waals surface area contributed by atoms with Crippen LogP contribution in [0.4, 0.5) is 0 Å². The Hall–Kier alpha value is 0.1000. The molecule has 0 unspecified atom stereocenters. The number of alkyl halides is 1. The fraction of sp³-hybridized carbons (Fsp3) is 0.667. The molecule has 0 spiro atoms. The largest absolute Gasteiger partial charge is 0.299 e. The van der Waals surface area contributed by atoms with Gasteiger partial charge in [-0.1, -0.05) is 29.2 Å². The average molecular weight is 279 g/mol. The van der Waals surface area contributed by atoms with Crippen molar-refractivity contribution in [2.75, 3.05) is 19.6 Å². The molecule has 12 heavy (non-hydrogen) atoms. The van der Waals surface area contributed by atoms with Crippen LogP contribution >= 0.6 is 22.6 Å². The molecule has 1 heterocycles. The van der Waals surface area contributed by atoms with E-state index in [1.165, 1.54) is 12.8 Å². The average Bonchev–Trinajstić information content (AvgIpc) is 2.09. The van der Waals surface area contributed by atoms with Crippen molar-refractivity contribution >= 4 is 28.9 Å². The zero-order valence-electron chi connectivity index (χ0n) is 7.13. The topological polar surface area (TPSA) is 20.3 Å². The number of likely N-dealkylation sites (tertiary alicyclic amines) is 1. The SMILES string of the molecule is C=C(C=O)CN1CCC(I)CC1. The van der Waals surface area contributed by atoms with Gasteiger partial charge in [0.1, 0.15) is 6.29 Å². The zero-order chi connectivity index (χ0) is 8.97. The molecule has 0 saturated carbocycles. The second-order valence-electron chi connectivity index (χ2n) is 3.23. The summed E-state index contributed by atoms with van der Waals surface area (Å²) >= 11 is 2.49. The van der Waals surface area contributed by atoms with Crippen LogP contribution in [0.3, 0.4) is 0 Å². The zero-order valence-corrected chi connectivity index (χ0v) is 9.29. The summed E-state index contributed by atoms with van der Waals surface area (Å²) < 4.78 is 0.823. The van der Waals surface area contributed by atoms with Gasteiger partial charge in [-0.05, 0) is 31.5 Å². The maximum Gasteiger partial charge on any atom is 0.146 e. The third kappa shape index (κ3) is 3.23. The lowest BCUT2D eigenvalue weighted by molar-refractivity contribution is -0.105. The molecule has 0 aromatic carbocycles. The highest BCUT2D eigenvalue weighted by atomic mass is 127. The molecule has 1 saturated heterocycles. The number of piperidine rings is 1. The Labute approximate surface area is 87.1 Å². The number of hydrogen-bond donors (Lipinski definition) is 0. The molecule has 0 amide bonds. The van der Waals surface area contributed by atoms with Crippen LogP contribution in [-0.4, -0.2) is 34.7 Å². The van der Waals surface area contributed by atoms with Crippen LogP contribution in [-0.2, 0) is 4.79 Å². The van der Waals surface area contributed by atoms with E-state index in [0.29, 0.717) is 5.57 Å². The minimum Gasteiger partial charge on any atom is -0.299 e. The summed E-state index contributed by atoms with van der Waals surface area (Å²) in [6, 6.07) is 0. The van der Waals surface area contributed by atoms with Crippen molar-refractivity contribution in [1.82, 2.24) is 4.90 Å². The lowest BCUT2D eigenvalue weighted by Gasteiger charge is -2.29. The smallest absolute Gasteiger partial charge is 0.146 e. The van der Waals surface area contributed by atoms with Crippen molar-refractivity contribution in [2.45, 2.75) is 16.8 Å². The maximum absolute atomic E-state index is 10.3. The van der Waals surface area contributed by atoms with E-state index in [4.69, 9.17) is 0 Å². The van der Waals surface area contributed by atoms with Crippen LogP contribution in [0.15, 0.2) is 12.2 Å². The van der Waals surface area contributed by atoms with Crippen LogP contribution in [0, 0.1) is 0 Å². The predicted octanol–water partition coefficient (Wildman–Crippen LogP) is 1.64. The number of rotatable bonds is 3. The third-order valence-corrected chi connectivity index (χ3v) is 3.36. The van der Waals surface area contributed by atoms with Crippen LogP contribution < -0.4 is 0 Å². The molecule has 0 aliphatic carbocycles. The Kier molecular flexibility index (Phi) is 4.21. The van der Waals surface area contributed by atoms with Gasteiger partial charge in [-0.3, -0.25) is 9.69 Å². The Bertz CT molecular complexity index is 173. The number of aldehydes is 1. The molecular formula is C9H14INO.